The van der Waals surface area contributed by atoms with Gasteiger partial charge in [-0.25, -0.2) is 4.98 Å². The first-order valence-corrected chi connectivity index (χ1v) is 11.9. The minimum absolute atomic E-state index is 0.0162. The van der Waals surface area contributed by atoms with E-state index in [1.54, 1.807) is 24.3 Å². The number of para-hydroxylation sites is 1. The standard InChI is InChI=1S/C24H28N6O8/c1-2-16-19(32)20(37-14-35-13-34-10-6-9-25)23(38-16)30-12-26-18-21(30)28-24(29-22(18)33)27-17(31)11-36-15-7-4-3-5-8-15/h3-5,7-8,12,16,19-20,23,32H,2,6,10-11,13-14H2,1H3,(H2,27,28,29,31,33)/t16-,19?,20+,23-/m1/s1. The monoisotopic (exact) mass is 528 g/mol. The van der Waals surface area contributed by atoms with Crippen LogP contribution in [0.25, 0.3) is 11.2 Å². The Hall–Kier alpha value is -3.87. The van der Waals surface area contributed by atoms with Crippen LogP contribution in [0.15, 0.2) is 41.5 Å². The number of benzene rings is 1. The largest absolute Gasteiger partial charge is 0.484 e. The maximum absolute atomic E-state index is 12.6. The van der Waals surface area contributed by atoms with Crippen LogP contribution in [0.5, 0.6) is 5.75 Å². The van der Waals surface area contributed by atoms with Gasteiger partial charge in [-0.3, -0.25) is 24.5 Å². The first-order valence-electron chi connectivity index (χ1n) is 11.9. The second-order valence-electron chi connectivity index (χ2n) is 8.24. The van der Waals surface area contributed by atoms with Crippen molar-refractivity contribution >= 4 is 23.0 Å². The summed E-state index contributed by atoms with van der Waals surface area (Å²) in [5.74, 6) is -0.119. The topological polar surface area (TPSA) is 183 Å². The molecule has 0 bridgehead atoms. The molecule has 0 saturated carbocycles. The summed E-state index contributed by atoms with van der Waals surface area (Å²) < 4.78 is 29.1. The van der Waals surface area contributed by atoms with Gasteiger partial charge in [0.05, 0.1) is 31.5 Å². The van der Waals surface area contributed by atoms with E-state index in [2.05, 4.69) is 20.3 Å². The van der Waals surface area contributed by atoms with Gasteiger partial charge in [-0.15, -0.1) is 0 Å². The van der Waals surface area contributed by atoms with Gasteiger partial charge in [0.2, 0.25) is 5.95 Å². The second kappa shape index (κ2) is 13.1. The number of H-pyrrole nitrogens is 1. The van der Waals surface area contributed by atoms with Crippen molar-refractivity contribution in [3.8, 4) is 11.8 Å². The number of aliphatic hydroxyl groups is 1. The van der Waals surface area contributed by atoms with Gasteiger partial charge in [0.15, 0.2) is 24.0 Å². The number of ether oxygens (including phenoxy) is 5. The summed E-state index contributed by atoms with van der Waals surface area (Å²) in [6.07, 6.45) is -1.22. The Morgan fingerprint density at radius 3 is 2.87 bits per heavy atom. The number of fused-ring (bicyclic) bond motifs is 1. The molecular weight excluding hydrogens is 500 g/mol. The molecule has 4 atom stereocenters. The van der Waals surface area contributed by atoms with Gasteiger partial charge in [0, 0.05) is 0 Å². The zero-order valence-electron chi connectivity index (χ0n) is 20.6. The number of nitrogens with zero attached hydrogens (tertiary/aromatic N) is 4. The Balaban J connectivity index is 1.47. The number of aromatic amines is 1. The molecule has 1 fully saturated rings. The molecule has 0 radical (unpaired) electrons. The molecule has 3 aromatic rings. The first kappa shape index (κ1) is 27.2. The molecule has 14 nitrogen and oxygen atoms in total. The van der Waals surface area contributed by atoms with Gasteiger partial charge in [0.25, 0.3) is 11.5 Å². The molecule has 0 spiro atoms. The first-order chi connectivity index (χ1) is 18.5. The molecular formula is C24H28N6O8. The Morgan fingerprint density at radius 1 is 1.29 bits per heavy atom. The lowest BCUT2D eigenvalue weighted by molar-refractivity contribution is -0.174. The summed E-state index contributed by atoms with van der Waals surface area (Å²) in [5.41, 5.74) is -0.437. The van der Waals surface area contributed by atoms with Gasteiger partial charge in [-0.2, -0.15) is 10.2 Å². The average Bonchev–Trinajstić information content (AvgIpc) is 3.48. The molecule has 1 aliphatic heterocycles. The molecule has 1 aliphatic rings. The number of imidazole rings is 1. The summed E-state index contributed by atoms with van der Waals surface area (Å²) in [4.78, 5) is 36.0. The minimum Gasteiger partial charge on any atom is -0.484 e. The Kier molecular flexibility index (Phi) is 9.35. The van der Waals surface area contributed by atoms with Crippen LogP contribution in [0.1, 0.15) is 26.0 Å². The van der Waals surface area contributed by atoms with E-state index in [1.807, 2.05) is 19.1 Å². The van der Waals surface area contributed by atoms with Crippen LogP contribution >= 0.6 is 0 Å². The number of hydrogen-bond acceptors (Lipinski definition) is 11. The van der Waals surface area contributed by atoms with Gasteiger partial charge in [-0.05, 0) is 18.6 Å². The number of carbonyl (C=O) groups is 1. The van der Waals surface area contributed by atoms with Gasteiger partial charge < -0.3 is 28.8 Å². The molecule has 1 saturated heterocycles. The van der Waals surface area contributed by atoms with Crippen LogP contribution in [0.3, 0.4) is 0 Å². The molecule has 38 heavy (non-hydrogen) atoms. The van der Waals surface area contributed by atoms with Crippen LogP contribution in [-0.4, -0.2) is 75.6 Å². The third-order valence-electron chi connectivity index (χ3n) is 5.66. The normalized spacial score (nSPS) is 20.9. The summed E-state index contributed by atoms with van der Waals surface area (Å²) >= 11 is 0. The highest BCUT2D eigenvalue weighted by Crippen LogP contribution is 2.34. The molecule has 1 aromatic carbocycles. The highest BCUT2D eigenvalue weighted by atomic mass is 16.7. The van der Waals surface area contributed by atoms with Gasteiger partial charge >= 0.3 is 0 Å². The fraction of sp³-hybridized carbons (Fsp3) is 0.458. The van der Waals surface area contributed by atoms with Crippen LogP contribution in [-0.2, 0) is 23.7 Å². The summed E-state index contributed by atoms with van der Waals surface area (Å²) in [7, 11) is 0. The van der Waals surface area contributed by atoms with E-state index in [9.17, 15) is 14.7 Å². The zero-order chi connectivity index (χ0) is 26.9. The van der Waals surface area contributed by atoms with E-state index in [1.165, 1.54) is 10.9 Å². The fourth-order valence-electron chi connectivity index (χ4n) is 3.86. The molecule has 4 rings (SSSR count). The Morgan fingerprint density at radius 2 is 2.11 bits per heavy atom. The Labute approximate surface area is 217 Å². The maximum atomic E-state index is 12.6. The average molecular weight is 529 g/mol. The van der Waals surface area contributed by atoms with Crippen LogP contribution in [0.2, 0.25) is 0 Å². The molecule has 3 heterocycles. The molecule has 1 amide bonds. The molecule has 14 heteroatoms. The summed E-state index contributed by atoms with van der Waals surface area (Å²) in [6, 6.07) is 10.8. The fourth-order valence-corrected chi connectivity index (χ4v) is 3.86. The predicted octanol–water partition coefficient (Wildman–Crippen LogP) is 1.05. The quantitative estimate of drug-likeness (QED) is 0.213. The van der Waals surface area contributed by atoms with Crippen molar-refractivity contribution in [3.63, 3.8) is 0 Å². The molecule has 202 valence electrons. The van der Waals surface area contributed by atoms with E-state index in [0.29, 0.717) is 12.2 Å². The number of amides is 1. The molecule has 2 aromatic heterocycles. The lowest BCUT2D eigenvalue weighted by Crippen LogP contribution is -2.34. The van der Waals surface area contributed by atoms with Gasteiger partial charge in [0.1, 0.15) is 31.5 Å². The maximum Gasteiger partial charge on any atom is 0.280 e. The van der Waals surface area contributed by atoms with Crippen molar-refractivity contribution in [3.05, 3.63) is 47.0 Å². The third kappa shape index (κ3) is 6.52. The SMILES string of the molecule is CC[C@H]1O[C@@H](n2cnc3c(=O)[nH]c(NC(=O)COc4ccccc4)nc32)[C@@H](OCOCOCCC#N)C1O. The summed E-state index contributed by atoms with van der Waals surface area (Å²) in [6.45, 7) is 1.48. The van der Waals surface area contributed by atoms with Crippen LogP contribution in [0, 0.1) is 11.3 Å². The van der Waals surface area contributed by atoms with Gasteiger partial charge in [-0.1, -0.05) is 25.1 Å². The lowest BCUT2D eigenvalue weighted by atomic mass is 10.1. The highest BCUT2D eigenvalue weighted by Gasteiger charge is 2.45. The zero-order valence-corrected chi connectivity index (χ0v) is 20.6. The number of hydrogen-bond donors (Lipinski definition) is 3. The number of nitriles is 1. The van der Waals surface area contributed by atoms with Crippen molar-refractivity contribution in [1.29, 1.82) is 5.26 Å². The number of rotatable bonds is 13. The van der Waals surface area contributed by atoms with E-state index in [4.69, 9.17) is 28.9 Å². The number of anilines is 1. The van der Waals surface area contributed by atoms with Crippen LogP contribution < -0.4 is 15.6 Å². The molecule has 1 unspecified atom stereocenters. The van der Waals surface area contributed by atoms with Crippen molar-refractivity contribution in [2.24, 2.45) is 0 Å². The van der Waals surface area contributed by atoms with Crippen molar-refractivity contribution in [2.75, 3.05) is 32.1 Å². The second-order valence-corrected chi connectivity index (χ2v) is 8.24. The van der Waals surface area contributed by atoms with E-state index in [0.717, 1.165) is 0 Å². The van der Waals surface area contributed by atoms with Crippen molar-refractivity contribution < 1.29 is 33.6 Å². The molecule has 3 N–H and O–H groups in total. The van der Waals surface area contributed by atoms with Crippen molar-refractivity contribution in [1.82, 2.24) is 19.5 Å². The summed E-state index contributed by atoms with van der Waals surface area (Å²) in [5, 5.41) is 21.8. The molecule has 0 aliphatic carbocycles. The smallest absolute Gasteiger partial charge is 0.280 e. The third-order valence-corrected chi connectivity index (χ3v) is 5.66. The van der Waals surface area contributed by atoms with E-state index < -0.39 is 36.0 Å². The highest BCUT2D eigenvalue weighted by molar-refractivity contribution is 5.90. The Bertz CT molecular complexity index is 1310. The van der Waals surface area contributed by atoms with Crippen LogP contribution in [0.4, 0.5) is 5.95 Å². The van der Waals surface area contributed by atoms with Crippen molar-refractivity contribution in [2.45, 2.75) is 44.3 Å². The van der Waals surface area contributed by atoms with E-state index in [-0.39, 0.29) is 50.3 Å². The number of nitrogens with one attached hydrogen (secondary N) is 2. The predicted molar refractivity (Wildman–Crippen MR) is 131 cm³/mol. The number of carbonyl (C=O) groups excluding carboxylic acids is 1. The van der Waals surface area contributed by atoms with E-state index >= 15 is 0 Å². The lowest BCUT2D eigenvalue weighted by Gasteiger charge is -2.22. The minimum atomic E-state index is -0.998. The number of aromatic nitrogens is 4. The number of aliphatic hydroxyl groups excluding tert-OH is 1.